The highest BCUT2D eigenvalue weighted by molar-refractivity contribution is 6.01. The molecule has 0 N–H and O–H groups in total. The second kappa shape index (κ2) is 5.75. The lowest BCUT2D eigenvalue weighted by atomic mass is 10.0. The molecule has 1 atom stereocenters. The predicted octanol–water partition coefficient (Wildman–Crippen LogP) is 2.34. The maximum Gasteiger partial charge on any atom is 0.342 e. The van der Waals surface area contributed by atoms with Crippen LogP contribution in [-0.2, 0) is 24.6 Å². The highest BCUT2D eigenvalue weighted by Crippen LogP contribution is 2.23. The monoisotopic (exact) mass is 298 g/mol. The van der Waals surface area contributed by atoms with E-state index in [0.717, 1.165) is 19.3 Å². The van der Waals surface area contributed by atoms with E-state index in [1.165, 1.54) is 22.0 Å². The topological polar surface area (TPSA) is 61.2 Å². The molecule has 0 amide bonds. The molecule has 0 aliphatic heterocycles. The number of nitrogens with zero attached hydrogens (tertiary/aromatic N) is 2. The van der Waals surface area contributed by atoms with E-state index >= 15 is 0 Å². The van der Waals surface area contributed by atoms with E-state index < -0.39 is 12.1 Å². The van der Waals surface area contributed by atoms with E-state index in [0.29, 0.717) is 11.1 Å². The molecule has 22 heavy (non-hydrogen) atoms. The Morgan fingerprint density at radius 3 is 2.73 bits per heavy atom. The minimum atomic E-state index is -0.813. The zero-order valence-corrected chi connectivity index (χ0v) is 12.7. The molecule has 0 saturated carbocycles. The third-order valence-electron chi connectivity index (χ3n) is 3.98. The zero-order chi connectivity index (χ0) is 15.7. The molecule has 0 fully saturated rings. The second-order valence-electron chi connectivity index (χ2n) is 5.65. The lowest BCUT2D eigenvalue weighted by Gasteiger charge is -2.12. The molecule has 1 aliphatic rings. The maximum atomic E-state index is 12.4. The smallest absolute Gasteiger partial charge is 0.342 e. The molecule has 1 aromatic carbocycles. The van der Waals surface area contributed by atoms with Gasteiger partial charge in [-0.2, -0.15) is 5.10 Å². The number of carbonyl (C=O) groups excluding carboxylic acids is 2. The maximum absolute atomic E-state index is 12.4. The van der Waals surface area contributed by atoms with Crippen LogP contribution in [0.4, 0.5) is 0 Å². The lowest BCUT2D eigenvalue weighted by Crippen LogP contribution is -2.24. The largest absolute Gasteiger partial charge is 0.451 e. The van der Waals surface area contributed by atoms with Gasteiger partial charge in [-0.15, -0.1) is 0 Å². The number of Topliss-reactive ketones (excluding diaryl/α,β-unsaturated/α-hetero) is 1. The van der Waals surface area contributed by atoms with E-state index in [2.05, 4.69) is 5.10 Å². The van der Waals surface area contributed by atoms with Gasteiger partial charge in [0.2, 0.25) is 5.78 Å². The third-order valence-corrected chi connectivity index (χ3v) is 3.98. The Kier molecular flexibility index (Phi) is 3.79. The number of esters is 1. The first kappa shape index (κ1) is 14.5. The minimum absolute atomic E-state index is 0.174. The quantitative estimate of drug-likeness (QED) is 0.642. The molecule has 0 bridgehead atoms. The van der Waals surface area contributed by atoms with Crippen molar-refractivity contribution in [1.29, 1.82) is 0 Å². The summed E-state index contributed by atoms with van der Waals surface area (Å²) in [5.74, 6) is -0.706. The summed E-state index contributed by atoms with van der Waals surface area (Å²) in [6, 6.07) is 5.76. The van der Waals surface area contributed by atoms with Crippen LogP contribution in [0.15, 0.2) is 30.6 Å². The number of ether oxygens (including phenoxy) is 1. The van der Waals surface area contributed by atoms with Crippen molar-refractivity contribution in [1.82, 2.24) is 9.78 Å². The van der Waals surface area contributed by atoms with Gasteiger partial charge in [0.25, 0.3) is 0 Å². The van der Waals surface area contributed by atoms with Crippen molar-refractivity contribution in [2.45, 2.75) is 32.3 Å². The van der Waals surface area contributed by atoms with Crippen molar-refractivity contribution in [3.05, 3.63) is 52.8 Å². The number of ketones is 1. The van der Waals surface area contributed by atoms with Gasteiger partial charge in [0.05, 0.1) is 11.8 Å². The van der Waals surface area contributed by atoms with Gasteiger partial charge in [-0.3, -0.25) is 9.48 Å². The number of rotatable bonds is 4. The first-order chi connectivity index (χ1) is 10.5. The molecule has 114 valence electrons. The molecule has 0 radical (unpaired) electrons. The molecular formula is C17H18N2O3. The van der Waals surface area contributed by atoms with Crippen LogP contribution in [0.5, 0.6) is 0 Å². The van der Waals surface area contributed by atoms with Crippen molar-refractivity contribution in [2.24, 2.45) is 7.05 Å². The minimum Gasteiger partial charge on any atom is -0.451 e. The Bertz CT molecular complexity index is 733. The van der Waals surface area contributed by atoms with Crippen molar-refractivity contribution in [2.75, 3.05) is 0 Å². The van der Waals surface area contributed by atoms with Crippen molar-refractivity contribution < 1.29 is 14.3 Å². The summed E-state index contributed by atoms with van der Waals surface area (Å²) < 4.78 is 6.76. The number of aromatic nitrogens is 2. The molecule has 3 rings (SSSR count). The average molecular weight is 298 g/mol. The van der Waals surface area contributed by atoms with Gasteiger partial charge in [-0.05, 0) is 43.4 Å². The number of aryl methyl sites for hydroxylation is 3. The van der Waals surface area contributed by atoms with Gasteiger partial charge in [0, 0.05) is 18.8 Å². The summed E-state index contributed by atoms with van der Waals surface area (Å²) >= 11 is 0. The normalized spacial score (nSPS) is 14.5. The standard InChI is InChI=1S/C17H18N2O3/c1-11(22-17(21)15-9-18-19(2)10-15)16(20)14-7-6-12-4-3-5-13(12)8-14/h6-11H,3-5H2,1-2H3. The summed E-state index contributed by atoms with van der Waals surface area (Å²) in [6.45, 7) is 1.60. The number of hydrogen-bond donors (Lipinski definition) is 0. The van der Waals surface area contributed by atoms with Crippen LogP contribution in [0.1, 0.15) is 45.2 Å². The van der Waals surface area contributed by atoms with Crippen molar-refractivity contribution in [3.63, 3.8) is 0 Å². The van der Waals surface area contributed by atoms with Crippen LogP contribution in [-0.4, -0.2) is 27.6 Å². The Morgan fingerprint density at radius 2 is 2.00 bits per heavy atom. The SMILES string of the molecule is CC(OC(=O)c1cnn(C)c1)C(=O)c1ccc2c(c1)CCC2. The molecule has 5 nitrogen and oxygen atoms in total. The lowest BCUT2D eigenvalue weighted by molar-refractivity contribution is 0.0318. The Balaban J connectivity index is 1.70. The molecule has 1 aromatic heterocycles. The molecule has 1 aliphatic carbocycles. The van der Waals surface area contributed by atoms with Gasteiger partial charge >= 0.3 is 5.97 Å². The first-order valence-electron chi connectivity index (χ1n) is 7.40. The summed E-state index contributed by atoms with van der Waals surface area (Å²) in [4.78, 5) is 24.4. The van der Waals surface area contributed by atoms with E-state index in [1.807, 2.05) is 18.2 Å². The van der Waals surface area contributed by atoms with Crippen LogP contribution in [0.25, 0.3) is 0 Å². The Morgan fingerprint density at radius 1 is 1.23 bits per heavy atom. The van der Waals surface area contributed by atoms with Crippen molar-refractivity contribution in [3.8, 4) is 0 Å². The van der Waals surface area contributed by atoms with Gasteiger partial charge < -0.3 is 4.74 Å². The molecule has 0 saturated heterocycles. The Hall–Kier alpha value is -2.43. The third kappa shape index (κ3) is 2.79. The number of fused-ring (bicyclic) bond motifs is 1. The highest BCUT2D eigenvalue weighted by atomic mass is 16.5. The second-order valence-corrected chi connectivity index (χ2v) is 5.65. The van der Waals surface area contributed by atoms with Crippen LogP contribution < -0.4 is 0 Å². The molecule has 2 aromatic rings. The van der Waals surface area contributed by atoms with E-state index in [4.69, 9.17) is 4.74 Å². The van der Waals surface area contributed by atoms with Crippen LogP contribution in [0.2, 0.25) is 0 Å². The van der Waals surface area contributed by atoms with Crippen LogP contribution in [0, 0.1) is 0 Å². The highest BCUT2D eigenvalue weighted by Gasteiger charge is 2.22. The Labute approximate surface area is 128 Å². The fourth-order valence-electron chi connectivity index (χ4n) is 2.77. The summed E-state index contributed by atoms with van der Waals surface area (Å²) in [7, 11) is 1.72. The van der Waals surface area contributed by atoms with E-state index in [1.54, 1.807) is 20.2 Å². The van der Waals surface area contributed by atoms with E-state index in [9.17, 15) is 9.59 Å². The number of hydrogen-bond acceptors (Lipinski definition) is 4. The van der Waals surface area contributed by atoms with Crippen LogP contribution in [0.3, 0.4) is 0 Å². The van der Waals surface area contributed by atoms with Gasteiger partial charge in [0.1, 0.15) is 0 Å². The van der Waals surface area contributed by atoms with Gasteiger partial charge in [-0.25, -0.2) is 4.79 Å². The average Bonchev–Trinajstić information content (AvgIpc) is 3.13. The van der Waals surface area contributed by atoms with E-state index in [-0.39, 0.29) is 5.78 Å². The fraction of sp³-hybridized carbons (Fsp3) is 0.353. The first-order valence-corrected chi connectivity index (χ1v) is 7.40. The van der Waals surface area contributed by atoms with Gasteiger partial charge in [-0.1, -0.05) is 12.1 Å². The fourth-order valence-corrected chi connectivity index (χ4v) is 2.77. The zero-order valence-electron chi connectivity index (χ0n) is 12.7. The molecule has 1 unspecified atom stereocenters. The molecule has 0 spiro atoms. The predicted molar refractivity (Wildman–Crippen MR) is 80.9 cm³/mol. The summed E-state index contributed by atoms with van der Waals surface area (Å²) in [6.07, 6.45) is 5.41. The van der Waals surface area contributed by atoms with Gasteiger partial charge in [0.15, 0.2) is 6.10 Å². The van der Waals surface area contributed by atoms with Crippen molar-refractivity contribution >= 4 is 11.8 Å². The summed E-state index contributed by atoms with van der Waals surface area (Å²) in [5.41, 5.74) is 3.50. The molecule has 5 heteroatoms. The molecule has 1 heterocycles. The number of benzene rings is 1. The summed E-state index contributed by atoms with van der Waals surface area (Å²) in [5, 5.41) is 3.92. The number of carbonyl (C=O) groups is 2. The van der Waals surface area contributed by atoms with Crippen LogP contribution >= 0.6 is 0 Å². The molecular weight excluding hydrogens is 280 g/mol.